The highest BCUT2D eigenvalue weighted by Crippen LogP contribution is 2.42. The van der Waals surface area contributed by atoms with Gasteiger partial charge in [-0.1, -0.05) is 6.07 Å². The van der Waals surface area contributed by atoms with Crippen LogP contribution in [0.4, 0.5) is 5.69 Å². The Hall–Kier alpha value is -2.23. The summed E-state index contributed by atoms with van der Waals surface area (Å²) in [5, 5.41) is 4.87. The number of amides is 2. The van der Waals surface area contributed by atoms with Gasteiger partial charge in [-0.2, -0.15) is 4.31 Å². The Balaban J connectivity index is 1.51. The highest BCUT2D eigenvalue weighted by atomic mass is 32.2. The Kier molecular flexibility index (Phi) is 5.93. The van der Waals surface area contributed by atoms with Gasteiger partial charge in [0.05, 0.1) is 10.3 Å². The SMILES string of the molecule is CC1(C)C(=O)N(CC(=O)NCCc2cccs2)c2ccc(S(=O)(=O)N3CCCC3)cc21. The van der Waals surface area contributed by atoms with Gasteiger partial charge < -0.3 is 10.2 Å². The Bertz CT molecular complexity index is 1090. The van der Waals surface area contributed by atoms with E-state index >= 15 is 0 Å². The molecule has 0 aliphatic carbocycles. The van der Waals surface area contributed by atoms with Crippen LogP contribution in [0.25, 0.3) is 0 Å². The molecule has 2 aromatic rings. The molecule has 166 valence electrons. The minimum absolute atomic E-state index is 0.0854. The Morgan fingerprint density at radius 1 is 1.19 bits per heavy atom. The van der Waals surface area contributed by atoms with E-state index in [4.69, 9.17) is 0 Å². The first-order valence-corrected chi connectivity index (χ1v) is 12.8. The molecule has 9 heteroatoms. The molecule has 1 N–H and O–H groups in total. The van der Waals surface area contributed by atoms with Gasteiger partial charge in [0.25, 0.3) is 0 Å². The zero-order valence-corrected chi connectivity index (χ0v) is 19.4. The lowest BCUT2D eigenvalue weighted by molar-refractivity contribution is -0.125. The van der Waals surface area contributed by atoms with Gasteiger partial charge in [-0.05, 0) is 68.3 Å². The Morgan fingerprint density at radius 3 is 2.61 bits per heavy atom. The molecule has 0 atom stereocenters. The van der Waals surface area contributed by atoms with Gasteiger partial charge in [0, 0.05) is 30.2 Å². The second-order valence-electron chi connectivity index (χ2n) is 8.49. The standard InChI is InChI=1S/C22H27N3O4S2/c1-22(2)18-14-17(31(28,29)24-11-3-4-12-24)7-8-19(18)25(21(22)27)15-20(26)23-10-9-16-6-5-13-30-16/h5-8,13-14H,3-4,9-12,15H2,1-2H3,(H,23,26). The highest BCUT2D eigenvalue weighted by Gasteiger charge is 2.45. The van der Waals surface area contributed by atoms with Crippen LogP contribution in [0.1, 0.15) is 37.1 Å². The van der Waals surface area contributed by atoms with E-state index in [1.807, 2.05) is 17.5 Å². The van der Waals surface area contributed by atoms with Crippen LogP contribution in [0.3, 0.4) is 0 Å². The van der Waals surface area contributed by atoms with Gasteiger partial charge in [-0.15, -0.1) is 11.3 Å². The van der Waals surface area contributed by atoms with Crippen LogP contribution >= 0.6 is 11.3 Å². The van der Waals surface area contributed by atoms with Gasteiger partial charge >= 0.3 is 0 Å². The van der Waals surface area contributed by atoms with Crippen molar-refractivity contribution in [3.8, 4) is 0 Å². The van der Waals surface area contributed by atoms with E-state index < -0.39 is 15.4 Å². The van der Waals surface area contributed by atoms with Crippen molar-refractivity contribution < 1.29 is 18.0 Å². The van der Waals surface area contributed by atoms with E-state index in [0.717, 1.165) is 19.3 Å². The van der Waals surface area contributed by atoms with Crippen molar-refractivity contribution >= 4 is 38.9 Å². The maximum atomic E-state index is 13.1. The lowest BCUT2D eigenvalue weighted by atomic mass is 9.86. The molecule has 0 spiro atoms. The third kappa shape index (κ3) is 4.14. The number of hydrogen-bond donors (Lipinski definition) is 1. The molecular weight excluding hydrogens is 434 g/mol. The van der Waals surface area contributed by atoms with Crippen molar-refractivity contribution in [2.75, 3.05) is 31.1 Å². The summed E-state index contributed by atoms with van der Waals surface area (Å²) in [5.41, 5.74) is 0.344. The summed E-state index contributed by atoms with van der Waals surface area (Å²) in [6.07, 6.45) is 2.48. The van der Waals surface area contributed by atoms with Crippen LogP contribution in [0.5, 0.6) is 0 Å². The fourth-order valence-electron chi connectivity index (χ4n) is 4.19. The first-order chi connectivity index (χ1) is 14.7. The summed E-state index contributed by atoms with van der Waals surface area (Å²) in [5.74, 6) is -0.436. The van der Waals surface area contributed by atoms with Crippen LogP contribution in [-0.4, -0.2) is 50.7 Å². The van der Waals surface area contributed by atoms with Crippen molar-refractivity contribution in [3.05, 3.63) is 46.2 Å². The smallest absolute Gasteiger partial charge is 0.243 e. The number of nitrogens with one attached hydrogen (secondary N) is 1. The topological polar surface area (TPSA) is 86.8 Å². The van der Waals surface area contributed by atoms with E-state index in [0.29, 0.717) is 30.9 Å². The number of sulfonamides is 1. The van der Waals surface area contributed by atoms with Gasteiger partial charge in [0.15, 0.2) is 0 Å². The zero-order chi connectivity index (χ0) is 22.2. The lowest BCUT2D eigenvalue weighted by Gasteiger charge is -2.20. The van der Waals surface area contributed by atoms with Gasteiger partial charge in [-0.25, -0.2) is 8.42 Å². The van der Waals surface area contributed by atoms with Crippen molar-refractivity contribution in [2.24, 2.45) is 0 Å². The van der Waals surface area contributed by atoms with E-state index in [-0.39, 0.29) is 23.3 Å². The van der Waals surface area contributed by atoms with Crippen LogP contribution in [0.2, 0.25) is 0 Å². The molecule has 7 nitrogen and oxygen atoms in total. The molecule has 1 aromatic heterocycles. The number of thiophene rings is 1. The predicted molar refractivity (Wildman–Crippen MR) is 121 cm³/mol. The van der Waals surface area contributed by atoms with E-state index in [1.165, 1.54) is 14.1 Å². The largest absolute Gasteiger partial charge is 0.354 e. The quantitative estimate of drug-likeness (QED) is 0.686. The highest BCUT2D eigenvalue weighted by molar-refractivity contribution is 7.89. The van der Waals surface area contributed by atoms with Gasteiger partial charge in [-0.3, -0.25) is 9.59 Å². The molecule has 0 saturated carbocycles. The normalized spacial score (nSPS) is 18.4. The first kappa shape index (κ1) is 22.0. The number of nitrogens with zero attached hydrogens (tertiary/aromatic N) is 2. The Labute approximate surface area is 187 Å². The van der Waals surface area contributed by atoms with Gasteiger partial charge in [0.1, 0.15) is 6.54 Å². The summed E-state index contributed by atoms with van der Waals surface area (Å²) in [7, 11) is -3.58. The van der Waals surface area contributed by atoms with Crippen molar-refractivity contribution in [1.29, 1.82) is 0 Å². The molecule has 1 aromatic carbocycles. The van der Waals surface area contributed by atoms with Crippen LogP contribution in [0.15, 0.2) is 40.6 Å². The summed E-state index contributed by atoms with van der Waals surface area (Å²) < 4.78 is 27.4. The molecule has 1 fully saturated rings. The molecule has 0 bridgehead atoms. The second kappa shape index (κ2) is 8.37. The summed E-state index contributed by atoms with van der Waals surface area (Å²) >= 11 is 1.64. The summed E-state index contributed by atoms with van der Waals surface area (Å²) in [4.78, 5) is 28.4. The molecule has 4 rings (SSSR count). The number of hydrogen-bond acceptors (Lipinski definition) is 5. The molecule has 31 heavy (non-hydrogen) atoms. The molecule has 0 unspecified atom stereocenters. The lowest BCUT2D eigenvalue weighted by Crippen LogP contribution is -2.43. The van der Waals surface area contributed by atoms with Crippen molar-refractivity contribution in [3.63, 3.8) is 0 Å². The molecule has 2 aliphatic rings. The van der Waals surface area contributed by atoms with Crippen molar-refractivity contribution in [2.45, 2.75) is 43.4 Å². The summed E-state index contributed by atoms with van der Waals surface area (Å²) in [6.45, 7) is 5.02. The van der Waals surface area contributed by atoms with Crippen molar-refractivity contribution in [1.82, 2.24) is 9.62 Å². The molecular formula is C22H27N3O4S2. The second-order valence-corrected chi connectivity index (χ2v) is 11.5. The summed E-state index contributed by atoms with van der Waals surface area (Å²) in [6, 6.07) is 8.80. The van der Waals surface area contributed by atoms with Crippen LogP contribution < -0.4 is 10.2 Å². The number of benzene rings is 1. The minimum atomic E-state index is -3.58. The molecule has 2 amide bonds. The molecule has 3 heterocycles. The molecule has 1 saturated heterocycles. The maximum Gasteiger partial charge on any atom is 0.243 e. The fraction of sp³-hybridized carbons (Fsp3) is 0.455. The zero-order valence-electron chi connectivity index (χ0n) is 17.8. The van der Waals surface area contributed by atoms with Crippen LogP contribution in [-0.2, 0) is 31.4 Å². The number of carbonyl (C=O) groups is 2. The number of anilines is 1. The van der Waals surface area contributed by atoms with E-state index in [1.54, 1.807) is 43.4 Å². The number of carbonyl (C=O) groups excluding carboxylic acids is 2. The average Bonchev–Trinajstić information content (AvgIpc) is 3.48. The van der Waals surface area contributed by atoms with E-state index in [2.05, 4.69) is 5.32 Å². The number of rotatable bonds is 7. The third-order valence-electron chi connectivity index (χ3n) is 5.99. The van der Waals surface area contributed by atoms with E-state index in [9.17, 15) is 18.0 Å². The first-order valence-electron chi connectivity index (χ1n) is 10.5. The minimum Gasteiger partial charge on any atom is -0.354 e. The average molecular weight is 462 g/mol. The molecule has 0 radical (unpaired) electrons. The maximum absolute atomic E-state index is 13.1. The molecule has 2 aliphatic heterocycles. The monoisotopic (exact) mass is 461 g/mol. The predicted octanol–water partition coefficient (Wildman–Crippen LogP) is 2.52. The van der Waals surface area contributed by atoms with Crippen LogP contribution in [0, 0.1) is 0 Å². The third-order valence-corrected chi connectivity index (χ3v) is 8.82. The van der Waals surface area contributed by atoms with Gasteiger partial charge in [0.2, 0.25) is 21.8 Å². The fourth-order valence-corrected chi connectivity index (χ4v) is 6.44. The Morgan fingerprint density at radius 2 is 1.94 bits per heavy atom. The number of fused-ring (bicyclic) bond motifs is 1.